The summed E-state index contributed by atoms with van der Waals surface area (Å²) in [5, 5.41) is 4.33. The van der Waals surface area contributed by atoms with Crippen molar-refractivity contribution in [2.45, 2.75) is 40.0 Å². The number of benzene rings is 1. The Morgan fingerprint density at radius 2 is 1.95 bits per heavy atom. The van der Waals surface area contributed by atoms with Crippen LogP contribution >= 0.6 is 23.2 Å². The van der Waals surface area contributed by atoms with Crippen molar-refractivity contribution in [2.75, 3.05) is 0 Å². The molecule has 0 bridgehead atoms. The molecule has 0 aliphatic rings. The molecule has 5 heteroatoms. The summed E-state index contributed by atoms with van der Waals surface area (Å²) in [7, 11) is 0. The topological polar surface area (TPSA) is 34.4 Å². The molecule has 1 aromatic carbocycles. The smallest absolute Gasteiger partial charge is 0.146 e. The lowest BCUT2D eigenvalue weighted by Crippen LogP contribution is -2.21. The highest BCUT2D eigenvalue weighted by Crippen LogP contribution is 2.27. The zero-order valence-corrected chi connectivity index (χ0v) is 13.9. The highest BCUT2D eigenvalue weighted by molar-refractivity contribution is 6.42. The Morgan fingerprint density at radius 3 is 2.62 bits per heavy atom. The molecule has 0 spiro atoms. The Hall–Kier alpha value is -1.16. The molecule has 2 rings (SSSR count). The predicted octanol–water partition coefficient (Wildman–Crippen LogP) is 4.97. The number of hydrogen-bond acceptors (Lipinski definition) is 3. The van der Waals surface area contributed by atoms with Gasteiger partial charge in [0.15, 0.2) is 0 Å². The first-order valence-electron chi connectivity index (χ1n) is 6.85. The van der Waals surface area contributed by atoms with E-state index < -0.39 is 0 Å². The van der Waals surface area contributed by atoms with Gasteiger partial charge in [0, 0.05) is 12.1 Å². The van der Waals surface area contributed by atoms with Crippen LogP contribution in [-0.4, -0.2) is 6.04 Å². The molecule has 3 nitrogen and oxygen atoms in total. The lowest BCUT2D eigenvalue weighted by molar-refractivity contribution is 0.264. The fourth-order valence-corrected chi connectivity index (χ4v) is 2.14. The lowest BCUT2D eigenvalue weighted by atomic mass is 10.2. The second-order valence-electron chi connectivity index (χ2n) is 5.22. The van der Waals surface area contributed by atoms with Crippen LogP contribution in [0.5, 0.6) is 5.75 Å². The maximum absolute atomic E-state index is 5.95. The molecule has 1 aromatic heterocycles. The second-order valence-corrected chi connectivity index (χ2v) is 6.03. The molecule has 0 radical (unpaired) electrons. The summed E-state index contributed by atoms with van der Waals surface area (Å²) < 4.78 is 11.5. The van der Waals surface area contributed by atoms with Crippen molar-refractivity contribution < 1.29 is 9.15 Å². The van der Waals surface area contributed by atoms with Gasteiger partial charge in [-0.05, 0) is 30.7 Å². The Bertz CT molecular complexity index is 608. The van der Waals surface area contributed by atoms with Crippen molar-refractivity contribution in [3.63, 3.8) is 0 Å². The van der Waals surface area contributed by atoms with Crippen molar-refractivity contribution in [3.8, 4) is 5.75 Å². The molecule has 2 aromatic rings. The molecule has 0 saturated heterocycles. The van der Waals surface area contributed by atoms with Crippen LogP contribution in [0.2, 0.25) is 10.0 Å². The summed E-state index contributed by atoms with van der Waals surface area (Å²) in [5.41, 5.74) is 1.12. The Kier molecular flexibility index (Phi) is 5.57. The standard InChI is InChI=1S/C16H19Cl2NO2/c1-10(2)19-8-16-11(3)6-13(21-16)9-20-12-4-5-14(17)15(18)7-12/h4-7,10,19H,8-9H2,1-3H3. The minimum absolute atomic E-state index is 0.362. The van der Waals surface area contributed by atoms with Gasteiger partial charge in [0.25, 0.3) is 0 Å². The lowest BCUT2D eigenvalue weighted by Gasteiger charge is -2.07. The number of furan rings is 1. The van der Waals surface area contributed by atoms with Gasteiger partial charge in [-0.25, -0.2) is 0 Å². The zero-order valence-electron chi connectivity index (χ0n) is 12.4. The van der Waals surface area contributed by atoms with Crippen LogP contribution in [-0.2, 0) is 13.2 Å². The van der Waals surface area contributed by atoms with Crippen molar-refractivity contribution in [3.05, 3.63) is 51.4 Å². The molecular weight excluding hydrogens is 309 g/mol. The zero-order chi connectivity index (χ0) is 15.4. The first-order valence-corrected chi connectivity index (χ1v) is 7.60. The van der Waals surface area contributed by atoms with Gasteiger partial charge in [0.05, 0.1) is 16.6 Å². The third-order valence-corrected chi connectivity index (χ3v) is 3.75. The van der Waals surface area contributed by atoms with E-state index in [1.807, 2.05) is 13.0 Å². The van der Waals surface area contributed by atoms with Gasteiger partial charge in [-0.2, -0.15) is 0 Å². The van der Waals surface area contributed by atoms with Crippen molar-refractivity contribution in [1.82, 2.24) is 5.32 Å². The number of hydrogen-bond donors (Lipinski definition) is 1. The van der Waals surface area contributed by atoms with E-state index in [0.717, 1.165) is 23.6 Å². The Labute approximate surface area is 135 Å². The predicted molar refractivity (Wildman–Crippen MR) is 86.2 cm³/mol. The summed E-state index contributed by atoms with van der Waals surface area (Å²) in [6, 6.07) is 7.61. The molecule has 1 heterocycles. The van der Waals surface area contributed by atoms with E-state index in [4.69, 9.17) is 32.4 Å². The second kappa shape index (κ2) is 7.21. The van der Waals surface area contributed by atoms with Crippen LogP contribution in [0.1, 0.15) is 30.9 Å². The van der Waals surface area contributed by atoms with E-state index >= 15 is 0 Å². The monoisotopic (exact) mass is 327 g/mol. The summed E-state index contributed by atoms with van der Waals surface area (Å²) in [5.74, 6) is 2.40. The van der Waals surface area contributed by atoms with Gasteiger partial charge in [-0.3, -0.25) is 0 Å². The van der Waals surface area contributed by atoms with Gasteiger partial charge in [-0.15, -0.1) is 0 Å². The molecule has 0 atom stereocenters. The van der Waals surface area contributed by atoms with Gasteiger partial charge >= 0.3 is 0 Å². The molecule has 1 N–H and O–H groups in total. The highest BCUT2D eigenvalue weighted by Gasteiger charge is 2.09. The molecule has 0 saturated carbocycles. The average Bonchev–Trinajstić information content (AvgIpc) is 2.78. The SMILES string of the molecule is Cc1cc(COc2ccc(Cl)c(Cl)c2)oc1CNC(C)C. The quantitative estimate of drug-likeness (QED) is 0.813. The number of rotatable bonds is 6. The summed E-state index contributed by atoms with van der Waals surface area (Å²) in [4.78, 5) is 0. The van der Waals surface area contributed by atoms with E-state index in [1.165, 1.54) is 0 Å². The fraction of sp³-hybridized carbons (Fsp3) is 0.375. The van der Waals surface area contributed by atoms with E-state index in [9.17, 15) is 0 Å². The first kappa shape index (κ1) is 16.2. The van der Waals surface area contributed by atoms with E-state index in [2.05, 4.69) is 19.2 Å². The van der Waals surface area contributed by atoms with Crippen molar-refractivity contribution in [1.29, 1.82) is 0 Å². The largest absolute Gasteiger partial charge is 0.486 e. The normalized spacial score (nSPS) is 11.1. The number of nitrogens with one attached hydrogen (secondary N) is 1. The molecule has 114 valence electrons. The minimum atomic E-state index is 0.362. The van der Waals surface area contributed by atoms with Gasteiger partial charge in [-0.1, -0.05) is 37.0 Å². The highest BCUT2D eigenvalue weighted by atomic mass is 35.5. The Balaban J connectivity index is 1.96. The first-order chi connectivity index (χ1) is 9.95. The summed E-state index contributed by atoms with van der Waals surface area (Å²) in [6.07, 6.45) is 0. The van der Waals surface area contributed by atoms with E-state index in [1.54, 1.807) is 18.2 Å². The molecule has 0 unspecified atom stereocenters. The molecule has 0 aliphatic heterocycles. The summed E-state index contributed by atoms with van der Waals surface area (Å²) in [6.45, 7) is 7.32. The number of ether oxygens (including phenoxy) is 1. The third-order valence-electron chi connectivity index (χ3n) is 3.01. The van der Waals surface area contributed by atoms with Gasteiger partial charge in [0.2, 0.25) is 0 Å². The van der Waals surface area contributed by atoms with Crippen LogP contribution < -0.4 is 10.1 Å². The molecule has 21 heavy (non-hydrogen) atoms. The van der Waals surface area contributed by atoms with Crippen molar-refractivity contribution in [2.24, 2.45) is 0 Å². The third kappa shape index (κ3) is 4.67. The Morgan fingerprint density at radius 1 is 1.19 bits per heavy atom. The van der Waals surface area contributed by atoms with Crippen LogP contribution in [0.25, 0.3) is 0 Å². The minimum Gasteiger partial charge on any atom is -0.486 e. The van der Waals surface area contributed by atoms with Gasteiger partial charge < -0.3 is 14.5 Å². The van der Waals surface area contributed by atoms with Crippen molar-refractivity contribution >= 4 is 23.2 Å². The maximum atomic E-state index is 5.95. The number of aryl methyl sites for hydroxylation is 1. The van der Waals surface area contributed by atoms with E-state index in [-0.39, 0.29) is 0 Å². The maximum Gasteiger partial charge on any atom is 0.146 e. The molecule has 0 amide bonds. The summed E-state index contributed by atoms with van der Waals surface area (Å²) >= 11 is 11.8. The number of halogens is 2. The molecule has 0 aliphatic carbocycles. The van der Waals surface area contributed by atoms with E-state index in [0.29, 0.717) is 28.4 Å². The van der Waals surface area contributed by atoms with Crippen LogP contribution in [0.3, 0.4) is 0 Å². The van der Waals surface area contributed by atoms with Crippen LogP contribution in [0.4, 0.5) is 0 Å². The molecular formula is C16H19Cl2NO2. The van der Waals surface area contributed by atoms with Crippen LogP contribution in [0, 0.1) is 6.92 Å². The van der Waals surface area contributed by atoms with Crippen LogP contribution in [0.15, 0.2) is 28.7 Å². The fourth-order valence-electron chi connectivity index (χ4n) is 1.85. The van der Waals surface area contributed by atoms with Gasteiger partial charge in [0.1, 0.15) is 23.9 Å². The average molecular weight is 328 g/mol. The molecule has 0 fully saturated rings.